The van der Waals surface area contributed by atoms with Gasteiger partial charge < -0.3 is 19.8 Å². The number of aliphatic carboxylic acids is 2. The monoisotopic (exact) mass is 538 g/mol. The second kappa shape index (κ2) is 15.1. The fraction of sp³-hybridized carbons (Fsp3) is 0.619. The van der Waals surface area contributed by atoms with Gasteiger partial charge in [-0.3, -0.25) is 4.90 Å². The van der Waals surface area contributed by atoms with Crippen molar-refractivity contribution in [2.45, 2.75) is 38.3 Å². The number of carboxylic acid groups (broad SMARTS) is 2. The Hall–Kier alpha value is -2.09. The van der Waals surface area contributed by atoms with Crippen LogP contribution in [0.2, 0.25) is 5.02 Å². The molecule has 1 fully saturated rings. The summed E-state index contributed by atoms with van der Waals surface area (Å²) in [7, 11) is 4.26. The Balaban J connectivity index is 0.000000680. The number of alkyl halides is 6. The van der Waals surface area contributed by atoms with E-state index in [1.165, 1.54) is 12.0 Å². The maximum atomic E-state index is 10.6. The first-order chi connectivity index (χ1) is 15.9. The first-order valence-corrected chi connectivity index (χ1v) is 10.6. The minimum atomic E-state index is -5.08. The van der Waals surface area contributed by atoms with Gasteiger partial charge in [-0.2, -0.15) is 26.3 Å². The second-order valence-electron chi connectivity index (χ2n) is 7.87. The van der Waals surface area contributed by atoms with Gasteiger partial charge in [0.1, 0.15) is 0 Å². The minimum Gasteiger partial charge on any atom is -0.475 e. The molecule has 14 heteroatoms. The maximum absolute atomic E-state index is 10.6. The summed E-state index contributed by atoms with van der Waals surface area (Å²) in [5.41, 5.74) is 1.28. The molecule has 2 atom stereocenters. The summed E-state index contributed by atoms with van der Waals surface area (Å²) in [6.07, 6.45) is -8.99. The second-order valence-corrected chi connectivity index (χ2v) is 8.31. The highest BCUT2D eigenvalue weighted by Crippen LogP contribution is 2.22. The molecule has 0 spiro atoms. The molecule has 1 aliphatic rings. The van der Waals surface area contributed by atoms with Crippen molar-refractivity contribution in [3.63, 3.8) is 0 Å². The van der Waals surface area contributed by atoms with Crippen molar-refractivity contribution in [3.8, 4) is 0 Å². The Morgan fingerprint density at radius 1 is 1.11 bits per heavy atom. The Morgan fingerprint density at radius 2 is 1.63 bits per heavy atom. The molecule has 7 nitrogen and oxygen atoms in total. The van der Waals surface area contributed by atoms with Crippen LogP contribution in [0.5, 0.6) is 0 Å². The van der Waals surface area contributed by atoms with Crippen LogP contribution in [0.25, 0.3) is 0 Å². The van der Waals surface area contributed by atoms with Crippen LogP contribution in [0, 0.1) is 5.92 Å². The zero-order chi connectivity index (χ0) is 27.4. The molecule has 0 radical (unpaired) electrons. The summed E-state index contributed by atoms with van der Waals surface area (Å²) in [6, 6.07) is 8.71. The van der Waals surface area contributed by atoms with Crippen molar-refractivity contribution in [1.29, 1.82) is 0 Å². The van der Waals surface area contributed by atoms with Crippen LogP contribution in [0.1, 0.15) is 18.9 Å². The fourth-order valence-corrected chi connectivity index (χ4v) is 3.11. The van der Waals surface area contributed by atoms with Crippen LogP contribution in [0.15, 0.2) is 24.3 Å². The first-order valence-electron chi connectivity index (χ1n) is 10.3. The van der Waals surface area contributed by atoms with Gasteiger partial charge in [0.15, 0.2) is 0 Å². The number of rotatable bonds is 5. The van der Waals surface area contributed by atoms with E-state index in [0.29, 0.717) is 12.0 Å². The lowest BCUT2D eigenvalue weighted by Gasteiger charge is -2.32. The molecule has 0 unspecified atom stereocenters. The molecule has 1 aromatic rings. The van der Waals surface area contributed by atoms with E-state index in [4.69, 9.17) is 36.1 Å². The molecule has 2 rings (SSSR count). The highest BCUT2D eigenvalue weighted by Gasteiger charge is 2.38. The van der Waals surface area contributed by atoms with Crippen molar-refractivity contribution in [2.75, 3.05) is 40.4 Å². The lowest BCUT2D eigenvalue weighted by molar-refractivity contribution is -0.193. The number of halogens is 7. The van der Waals surface area contributed by atoms with Gasteiger partial charge in [-0.25, -0.2) is 9.59 Å². The van der Waals surface area contributed by atoms with E-state index in [0.717, 1.165) is 37.9 Å². The normalized spacial score (nSPS) is 19.1. The topological polar surface area (TPSA) is 90.3 Å². The lowest BCUT2D eigenvalue weighted by atomic mass is 9.96. The van der Waals surface area contributed by atoms with E-state index in [2.05, 4.69) is 43.0 Å². The Kier molecular flexibility index (Phi) is 14.2. The van der Waals surface area contributed by atoms with E-state index in [9.17, 15) is 26.3 Å². The maximum Gasteiger partial charge on any atom is 0.490 e. The van der Waals surface area contributed by atoms with E-state index in [-0.39, 0.29) is 0 Å². The average molecular weight is 539 g/mol. The number of carbonyl (C=O) groups is 2. The predicted octanol–water partition coefficient (Wildman–Crippen LogP) is 4.40. The van der Waals surface area contributed by atoms with Gasteiger partial charge in [-0.1, -0.05) is 23.7 Å². The van der Waals surface area contributed by atoms with Crippen LogP contribution >= 0.6 is 11.6 Å². The van der Waals surface area contributed by atoms with Crippen molar-refractivity contribution in [2.24, 2.45) is 5.92 Å². The molecule has 0 amide bonds. The molecule has 1 aliphatic heterocycles. The standard InChI is InChI=1S/C17H27ClN2O.2C2HF3O2/c1-14-16(7-8-19(2)3)13-21-10-9-20(14)12-15-5-4-6-17(18)11-15;2*3-2(4,5)1(6)7/h4-6,11,14,16H,7-10,12-13H2,1-3H3;2*(H,6,7)/t14-,16+;;/m0../s1. The SMILES string of the molecule is C[C@H]1[C@H](CCN(C)C)COCCN1Cc1cccc(Cl)c1.O=C(O)C(F)(F)F.O=C(O)C(F)(F)F. The molecule has 1 saturated heterocycles. The zero-order valence-electron chi connectivity index (χ0n) is 19.4. The summed E-state index contributed by atoms with van der Waals surface area (Å²) in [4.78, 5) is 22.6. The van der Waals surface area contributed by atoms with Crippen molar-refractivity contribution >= 4 is 23.5 Å². The molecular weight excluding hydrogens is 510 g/mol. The number of ether oxygens (including phenoxy) is 1. The molecule has 0 saturated carbocycles. The van der Waals surface area contributed by atoms with E-state index < -0.39 is 24.3 Å². The molecular formula is C21H29ClF6N2O5. The number of hydrogen-bond donors (Lipinski definition) is 2. The van der Waals surface area contributed by atoms with Gasteiger partial charge in [0.05, 0.1) is 13.2 Å². The molecule has 1 heterocycles. The Morgan fingerprint density at radius 3 is 2.06 bits per heavy atom. The first kappa shape index (κ1) is 32.9. The van der Waals surface area contributed by atoms with Gasteiger partial charge >= 0.3 is 24.3 Å². The van der Waals surface area contributed by atoms with E-state index >= 15 is 0 Å². The Labute approximate surface area is 204 Å². The van der Waals surface area contributed by atoms with Gasteiger partial charge in [0.2, 0.25) is 0 Å². The van der Waals surface area contributed by atoms with Crippen LogP contribution in [0.3, 0.4) is 0 Å². The number of hydrogen-bond acceptors (Lipinski definition) is 5. The number of benzene rings is 1. The predicted molar refractivity (Wildman–Crippen MR) is 116 cm³/mol. The summed E-state index contributed by atoms with van der Waals surface area (Å²) in [6.45, 7) is 7.09. The van der Waals surface area contributed by atoms with Crippen LogP contribution < -0.4 is 0 Å². The highest BCUT2D eigenvalue weighted by molar-refractivity contribution is 6.30. The molecule has 2 N–H and O–H groups in total. The average Bonchev–Trinajstić information content (AvgIpc) is 2.87. The van der Waals surface area contributed by atoms with Gasteiger partial charge in [0.25, 0.3) is 0 Å². The minimum absolute atomic E-state index is 0.534. The van der Waals surface area contributed by atoms with Gasteiger partial charge in [0, 0.05) is 24.2 Å². The molecule has 0 aromatic heterocycles. The van der Waals surface area contributed by atoms with E-state index in [1.807, 2.05) is 12.1 Å². The third kappa shape index (κ3) is 14.8. The number of nitrogens with zero attached hydrogens (tertiary/aromatic N) is 2. The summed E-state index contributed by atoms with van der Waals surface area (Å²) in [5, 5.41) is 15.1. The Bertz CT molecular complexity index is 768. The smallest absolute Gasteiger partial charge is 0.475 e. The third-order valence-corrected chi connectivity index (χ3v) is 5.05. The van der Waals surface area contributed by atoms with Gasteiger partial charge in [-0.05, 0) is 57.6 Å². The zero-order valence-corrected chi connectivity index (χ0v) is 20.1. The summed E-state index contributed by atoms with van der Waals surface area (Å²) < 4.78 is 69.3. The lowest BCUT2D eigenvalue weighted by Crippen LogP contribution is -2.39. The third-order valence-electron chi connectivity index (χ3n) is 4.82. The molecule has 35 heavy (non-hydrogen) atoms. The fourth-order valence-electron chi connectivity index (χ4n) is 2.90. The van der Waals surface area contributed by atoms with Crippen LogP contribution in [-0.4, -0.2) is 90.7 Å². The van der Waals surface area contributed by atoms with E-state index in [1.54, 1.807) is 0 Å². The largest absolute Gasteiger partial charge is 0.490 e. The van der Waals surface area contributed by atoms with Crippen LogP contribution in [-0.2, 0) is 20.9 Å². The number of carboxylic acids is 2. The van der Waals surface area contributed by atoms with Gasteiger partial charge in [-0.15, -0.1) is 0 Å². The van der Waals surface area contributed by atoms with Crippen molar-refractivity contribution < 1.29 is 50.9 Å². The molecule has 0 aliphatic carbocycles. The summed E-state index contributed by atoms with van der Waals surface area (Å²) >= 11 is 6.10. The molecule has 1 aromatic carbocycles. The molecule has 202 valence electrons. The quantitative estimate of drug-likeness (QED) is 0.537. The highest BCUT2D eigenvalue weighted by atomic mass is 35.5. The summed E-state index contributed by atoms with van der Waals surface area (Å²) in [5.74, 6) is -4.92. The van der Waals surface area contributed by atoms with Crippen molar-refractivity contribution in [3.05, 3.63) is 34.9 Å². The molecule has 0 bridgehead atoms. The van der Waals surface area contributed by atoms with Crippen molar-refractivity contribution in [1.82, 2.24) is 9.80 Å². The van der Waals surface area contributed by atoms with Crippen LogP contribution in [0.4, 0.5) is 26.3 Å².